The Morgan fingerprint density at radius 3 is 2.54 bits per heavy atom. The SMILES string of the molecule is CC=Nc1cc(OC)c(OCC(CC)OC)cc1C(=NC)N/C=C1/C=C(C(F)(F)F)N=C(N)N1C. The molecule has 0 amide bonds. The highest BCUT2D eigenvalue weighted by Crippen LogP contribution is 2.36. The molecule has 0 saturated carbocycles. The van der Waals surface area contributed by atoms with E-state index in [4.69, 9.17) is 19.9 Å². The average Bonchev–Trinajstić information content (AvgIpc) is 2.82. The number of hydrogen-bond acceptors (Lipinski definition) is 8. The number of benzene rings is 1. The van der Waals surface area contributed by atoms with Gasteiger partial charge in [0.05, 0.1) is 24.6 Å². The number of nitrogens with two attached hydrogens (primary N) is 1. The van der Waals surface area contributed by atoms with Gasteiger partial charge in [-0.25, -0.2) is 4.99 Å². The van der Waals surface area contributed by atoms with Crippen molar-refractivity contribution < 1.29 is 27.4 Å². The van der Waals surface area contributed by atoms with E-state index in [2.05, 4.69) is 20.3 Å². The van der Waals surface area contributed by atoms with Gasteiger partial charge >= 0.3 is 6.18 Å². The lowest BCUT2D eigenvalue weighted by Gasteiger charge is -2.25. The molecule has 1 aromatic rings. The van der Waals surface area contributed by atoms with E-state index in [1.165, 1.54) is 25.3 Å². The lowest BCUT2D eigenvalue weighted by atomic mass is 10.1. The van der Waals surface area contributed by atoms with Gasteiger partial charge in [0.2, 0.25) is 5.96 Å². The number of likely N-dealkylation sites (N-methyl/N-ethyl adjacent to an activating group) is 1. The molecule has 192 valence electrons. The lowest BCUT2D eigenvalue weighted by Crippen LogP contribution is -2.37. The molecule has 1 unspecified atom stereocenters. The summed E-state index contributed by atoms with van der Waals surface area (Å²) in [4.78, 5) is 13.4. The highest BCUT2D eigenvalue weighted by Gasteiger charge is 2.36. The molecule has 1 heterocycles. The molecule has 0 bridgehead atoms. The minimum absolute atomic E-state index is 0.109. The van der Waals surface area contributed by atoms with Crippen molar-refractivity contribution in [1.82, 2.24) is 10.2 Å². The maximum atomic E-state index is 13.2. The van der Waals surface area contributed by atoms with Gasteiger partial charge in [0.1, 0.15) is 12.4 Å². The third kappa shape index (κ3) is 6.98. The first kappa shape index (κ1) is 27.7. The molecule has 9 nitrogen and oxygen atoms in total. The largest absolute Gasteiger partial charge is 0.493 e. The molecule has 0 fully saturated rings. The third-order valence-electron chi connectivity index (χ3n) is 5.14. The van der Waals surface area contributed by atoms with Gasteiger partial charge in [0.15, 0.2) is 17.2 Å². The third-order valence-corrected chi connectivity index (χ3v) is 5.14. The van der Waals surface area contributed by atoms with Crippen molar-refractivity contribution in [2.45, 2.75) is 32.5 Å². The van der Waals surface area contributed by atoms with Crippen molar-refractivity contribution in [3.05, 3.63) is 41.4 Å². The van der Waals surface area contributed by atoms with Crippen LogP contribution < -0.4 is 20.5 Å². The normalized spacial score (nSPS) is 16.9. The molecule has 0 spiro atoms. The number of allylic oxidation sites excluding steroid dienone is 2. The van der Waals surface area contributed by atoms with Gasteiger partial charge < -0.3 is 30.2 Å². The fourth-order valence-electron chi connectivity index (χ4n) is 3.08. The molecular formula is C23H31F3N6O3. The Kier molecular flexibility index (Phi) is 9.69. The van der Waals surface area contributed by atoms with Gasteiger partial charge in [-0.05, 0) is 25.5 Å². The molecule has 1 aliphatic heterocycles. The van der Waals surface area contributed by atoms with Crippen molar-refractivity contribution in [3.63, 3.8) is 0 Å². The van der Waals surface area contributed by atoms with Crippen molar-refractivity contribution >= 4 is 23.7 Å². The molecule has 12 heteroatoms. The molecule has 0 aliphatic carbocycles. The summed E-state index contributed by atoms with van der Waals surface area (Å²) in [7, 11) is 6.17. The average molecular weight is 497 g/mol. The van der Waals surface area contributed by atoms with E-state index < -0.39 is 11.9 Å². The number of amidine groups is 1. The standard InChI is InChI=1S/C23H31F3N6O3/c1-7-15(33-5)13-35-19-10-16(17(29-8-2)11-18(19)34-6)21(28-3)30-12-14-9-20(23(24,25)26)31-22(27)32(14)4/h8-12,15H,7,13H2,1-6H3,(H2,27,31)(H,28,30)/b14-12-,29-8?. The van der Waals surface area contributed by atoms with Crippen molar-refractivity contribution in [3.8, 4) is 11.5 Å². The Hall–Kier alpha value is -3.54. The molecule has 35 heavy (non-hydrogen) atoms. The molecule has 2 rings (SSSR count). The predicted molar refractivity (Wildman–Crippen MR) is 131 cm³/mol. The van der Waals surface area contributed by atoms with Crippen LogP contribution in [-0.2, 0) is 4.74 Å². The van der Waals surface area contributed by atoms with E-state index >= 15 is 0 Å². The van der Waals surface area contributed by atoms with Crippen LogP contribution in [0.5, 0.6) is 11.5 Å². The number of alkyl halides is 3. The number of hydrogen-bond donors (Lipinski definition) is 2. The Balaban J connectivity index is 2.47. The van der Waals surface area contributed by atoms with Crippen LogP contribution in [0.15, 0.2) is 50.8 Å². The van der Waals surface area contributed by atoms with Gasteiger partial charge in [0.25, 0.3) is 0 Å². The monoisotopic (exact) mass is 496 g/mol. The number of nitrogens with zero attached hydrogens (tertiary/aromatic N) is 4. The van der Waals surface area contributed by atoms with Crippen molar-refractivity contribution in [2.75, 3.05) is 34.9 Å². The summed E-state index contributed by atoms with van der Waals surface area (Å²) >= 11 is 0. The summed E-state index contributed by atoms with van der Waals surface area (Å²) in [5.74, 6) is 0.945. The zero-order chi connectivity index (χ0) is 26.2. The van der Waals surface area contributed by atoms with Crippen LogP contribution in [0.25, 0.3) is 0 Å². The van der Waals surface area contributed by atoms with Crippen LogP contribution >= 0.6 is 0 Å². The summed E-state index contributed by atoms with van der Waals surface area (Å²) in [6.07, 6.45) is -0.141. The van der Waals surface area contributed by atoms with E-state index in [0.717, 1.165) is 12.5 Å². The summed E-state index contributed by atoms with van der Waals surface area (Å²) in [5.41, 5.74) is 5.78. The van der Waals surface area contributed by atoms with E-state index in [-0.39, 0.29) is 17.8 Å². The number of guanidine groups is 1. The number of ether oxygens (including phenoxy) is 3. The molecule has 1 aromatic carbocycles. The zero-order valence-electron chi connectivity index (χ0n) is 20.6. The minimum Gasteiger partial charge on any atom is -0.493 e. The zero-order valence-corrected chi connectivity index (χ0v) is 20.6. The molecule has 3 N–H and O–H groups in total. The van der Waals surface area contributed by atoms with Crippen LogP contribution in [0.4, 0.5) is 18.9 Å². The Morgan fingerprint density at radius 1 is 1.29 bits per heavy atom. The maximum absolute atomic E-state index is 13.2. The maximum Gasteiger partial charge on any atom is 0.433 e. The van der Waals surface area contributed by atoms with Crippen molar-refractivity contribution in [2.24, 2.45) is 20.7 Å². The first-order valence-electron chi connectivity index (χ1n) is 10.8. The number of aliphatic imine (C=N–C) groups is 3. The summed E-state index contributed by atoms with van der Waals surface area (Å²) in [5, 5.41) is 2.96. The summed E-state index contributed by atoms with van der Waals surface area (Å²) in [6.45, 7) is 4.03. The number of rotatable bonds is 9. The summed E-state index contributed by atoms with van der Waals surface area (Å²) < 4.78 is 56.4. The van der Waals surface area contributed by atoms with E-state index in [1.54, 1.807) is 39.4 Å². The predicted octanol–water partition coefficient (Wildman–Crippen LogP) is 3.73. The number of nitrogens with one attached hydrogen (secondary N) is 1. The van der Waals surface area contributed by atoms with Crippen LogP contribution in [0, 0.1) is 0 Å². The molecule has 0 saturated heterocycles. The van der Waals surface area contributed by atoms with Gasteiger partial charge in [-0.1, -0.05) is 6.92 Å². The second-order valence-corrected chi connectivity index (χ2v) is 7.33. The minimum atomic E-state index is -4.64. The van der Waals surface area contributed by atoms with Crippen LogP contribution in [0.2, 0.25) is 0 Å². The first-order chi connectivity index (χ1) is 16.6. The Morgan fingerprint density at radius 2 is 2.00 bits per heavy atom. The van der Waals surface area contributed by atoms with Gasteiger partial charge in [-0.3, -0.25) is 9.98 Å². The van der Waals surface area contributed by atoms with Crippen LogP contribution in [0.3, 0.4) is 0 Å². The van der Waals surface area contributed by atoms with Gasteiger partial charge in [0, 0.05) is 45.2 Å². The van der Waals surface area contributed by atoms with E-state index in [1.807, 2.05) is 6.92 Å². The van der Waals surface area contributed by atoms with E-state index in [9.17, 15) is 13.2 Å². The molecular weight excluding hydrogens is 465 g/mol. The lowest BCUT2D eigenvalue weighted by molar-refractivity contribution is -0.0927. The molecule has 1 atom stereocenters. The molecule has 0 aromatic heterocycles. The quantitative estimate of drug-likeness (QED) is 0.399. The second kappa shape index (κ2) is 12.2. The highest BCUT2D eigenvalue weighted by atomic mass is 19.4. The Labute approximate surface area is 202 Å². The van der Waals surface area contributed by atoms with E-state index in [0.29, 0.717) is 35.2 Å². The number of halogens is 3. The smallest absolute Gasteiger partial charge is 0.433 e. The fraction of sp³-hybridized carbons (Fsp3) is 0.435. The highest BCUT2D eigenvalue weighted by molar-refractivity contribution is 6.04. The van der Waals surface area contributed by atoms with Crippen molar-refractivity contribution in [1.29, 1.82) is 0 Å². The first-order valence-corrected chi connectivity index (χ1v) is 10.8. The van der Waals surface area contributed by atoms with Crippen LogP contribution in [0.1, 0.15) is 25.8 Å². The topological polar surface area (TPSA) is 106 Å². The second-order valence-electron chi connectivity index (χ2n) is 7.33. The fourth-order valence-corrected chi connectivity index (χ4v) is 3.08. The van der Waals surface area contributed by atoms with Gasteiger partial charge in [-0.15, -0.1) is 0 Å². The molecule has 1 aliphatic rings. The Bertz CT molecular complexity index is 1040. The van der Waals surface area contributed by atoms with Crippen LogP contribution in [-0.4, -0.2) is 70.1 Å². The summed E-state index contributed by atoms with van der Waals surface area (Å²) in [6, 6.07) is 3.40. The van der Waals surface area contributed by atoms with Gasteiger partial charge in [-0.2, -0.15) is 13.2 Å². The number of methoxy groups -OCH3 is 2. The molecule has 0 radical (unpaired) electrons.